The summed E-state index contributed by atoms with van der Waals surface area (Å²) in [7, 11) is 0. The topological polar surface area (TPSA) is 9.23 Å². The Morgan fingerprint density at radius 3 is 1.35 bits per heavy atom. The molecule has 0 aliphatic heterocycles. The Kier molecular flexibility index (Phi) is 9.57. The maximum atomic E-state index is 5.67. The van der Waals surface area contributed by atoms with Gasteiger partial charge in [-0.15, -0.1) is 0 Å². The summed E-state index contributed by atoms with van der Waals surface area (Å²) in [4.78, 5) is 0. The first-order valence-corrected chi connectivity index (χ1v) is 22.2. The van der Waals surface area contributed by atoms with Crippen LogP contribution in [0.25, 0.3) is 0 Å². The monoisotopic (exact) mass is 667 g/mol. The minimum Gasteiger partial charge on any atom is -0.357 e. The second kappa shape index (κ2) is 13.4. The summed E-state index contributed by atoms with van der Waals surface area (Å²) in [5, 5.41) is 0. The van der Waals surface area contributed by atoms with Crippen LogP contribution in [0.15, 0.2) is 0 Å². The molecule has 8 aliphatic rings. The van der Waals surface area contributed by atoms with E-state index in [4.69, 9.17) is 4.74 Å². The Hall–Kier alpha value is -1.08. The highest BCUT2D eigenvalue weighted by Crippen LogP contribution is 2.70. The molecule has 0 radical (unpaired) electrons. The molecule has 1 nitrogen and oxygen atoms in total. The fourth-order valence-electron chi connectivity index (χ4n) is 17.3. The van der Waals surface area contributed by atoms with Crippen LogP contribution in [0.5, 0.6) is 0 Å². The third-order valence-corrected chi connectivity index (χ3v) is 19.8. The Morgan fingerprint density at radius 2 is 0.898 bits per heavy atom. The Labute approximate surface area is 303 Å². The summed E-state index contributed by atoms with van der Waals surface area (Å²) in [6, 6.07) is 0. The SMILES string of the molecule is C[C@H](CC#COC#CC[C@@H](C)[C@H]1CC[C@H]2[C@@H]3CCC4CCCC[C@]4(C)[C@H]3CC[C@]12C)[C@H]1CC[C@H]2[C@@H]3CCC4CCCC[C@]4(C)[C@H]3CC[C@]12C. The minimum absolute atomic E-state index is 0.527. The van der Waals surface area contributed by atoms with E-state index in [1.54, 1.807) is 0 Å². The van der Waals surface area contributed by atoms with E-state index in [0.717, 1.165) is 72.0 Å². The molecule has 8 aliphatic carbocycles. The van der Waals surface area contributed by atoms with Crippen LogP contribution in [0.1, 0.15) is 183 Å². The summed E-state index contributed by atoms with van der Waals surface area (Å²) in [6.45, 7) is 15.8. The molecule has 0 heterocycles. The summed E-state index contributed by atoms with van der Waals surface area (Å²) < 4.78 is 5.67. The van der Waals surface area contributed by atoms with E-state index >= 15 is 0 Å². The van der Waals surface area contributed by atoms with Gasteiger partial charge in [-0.05, 0) is 195 Å². The lowest BCUT2D eigenvalue weighted by molar-refractivity contribution is -0.114. The van der Waals surface area contributed by atoms with Crippen molar-refractivity contribution in [3.8, 4) is 24.1 Å². The van der Waals surface area contributed by atoms with E-state index in [2.05, 4.69) is 65.6 Å². The quantitative estimate of drug-likeness (QED) is 0.271. The Bertz CT molecular complexity index is 1220. The molecule has 49 heavy (non-hydrogen) atoms. The number of rotatable bonds is 4. The normalized spacial score (nSPS) is 51.1. The van der Waals surface area contributed by atoms with Gasteiger partial charge in [-0.1, -0.05) is 79.1 Å². The van der Waals surface area contributed by atoms with Crippen molar-refractivity contribution in [2.45, 2.75) is 183 Å². The van der Waals surface area contributed by atoms with Crippen molar-refractivity contribution in [1.82, 2.24) is 0 Å². The van der Waals surface area contributed by atoms with Gasteiger partial charge in [0.25, 0.3) is 0 Å². The van der Waals surface area contributed by atoms with Crippen molar-refractivity contribution >= 4 is 0 Å². The van der Waals surface area contributed by atoms with Crippen LogP contribution < -0.4 is 0 Å². The molecule has 272 valence electrons. The highest BCUT2D eigenvalue weighted by molar-refractivity contribution is 5.12. The van der Waals surface area contributed by atoms with Crippen molar-refractivity contribution in [1.29, 1.82) is 0 Å². The van der Waals surface area contributed by atoms with Gasteiger partial charge in [0.05, 0.1) is 0 Å². The number of ether oxygens (including phenoxy) is 1. The van der Waals surface area contributed by atoms with E-state index in [9.17, 15) is 0 Å². The third kappa shape index (κ3) is 5.70. The zero-order valence-electron chi connectivity index (χ0n) is 32.9. The summed E-state index contributed by atoms with van der Waals surface area (Å²) in [5.74, 6) is 17.8. The number of fused-ring (bicyclic) bond motifs is 10. The van der Waals surface area contributed by atoms with Crippen LogP contribution >= 0.6 is 0 Å². The number of hydrogen-bond acceptors (Lipinski definition) is 1. The average molecular weight is 667 g/mol. The highest BCUT2D eigenvalue weighted by Gasteiger charge is 2.61. The van der Waals surface area contributed by atoms with Crippen molar-refractivity contribution in [2.24, 2.45) is 92.7 Å². The molecule has 0 aromatic carbocycles. The molecule has 0 bridgehead atoms. The molecular weight excluding hydrogens is 593 g/mol. The zero-order chi connectivity index (χ0) is 34.0. The van der Waals surface area contributed by atoms with Gasteiger partial charge in [0.1, 0.15) is 12.2 Å². The Morgan fingerprint density at radius 1 is 0.469 bits per heavy atom. The Balaban J connectivity index is 0.818. The second-order valence-corrected chi connectivity index (χ2v) is 21.3. The van der Waals surface area contributed by atoms with Gasteiger partial charge in [-0.3, -0.25) is 0 Å². The number of hydrogen-bond donors (Lipinski definition) is 0. The predicted molar refractivity (Wildman–Crippen MR) is 204 cm³/mol. The maximum Gasteiger partial charge on any atom is 0.129 e. The molecule has 16 atom stereocenters. The van der Waals surface area contributed by atoms with Crippen molar-refractivity contribution < 1.29 is 4.74 Å². The first kappa shape index (κ1) is 35.0. The molecule has 0 saturated heterocycles. The lowest BCUT2D eigenvalue weighted by Crippen LogP contribution is -2.53. The highest BCUT2D eigenvalue weighted by atomic mass is 16.5. The molecule has 0 aromatic heterocycles. The first-order valence-electron chi connectivity index (χ1n) is 22.2. The molecule has 0 aromatic rings. The summed E-state index contributed by atoms with van der Waals surface area (Å²) in [6.07, 6.45) is 37.9. The van der Waals surface area contributed by atoms with Gasteiger partial charge < -0.3 is 4.74 Å². The van der Waals surface area contributed by atoms with Crippen LogP contribution in [0.3, 0.4) is 0 Å². The van der Waals surface area contributed by atoms with Gasteiger partial charge in [0, 0.05) is 12.8 Å². The van der Waals surface area contributed by atoms with E-state index in [1.807, 2.05) is 0 Å². The molecule has 1 heteroatoms. The lowest BCUT2D eigenvalue weighted by Gasteiger charge is -2.60. The molecule has 8 rings (SSSR count). The lowest BCUT2D eigenvalue weighted by atomic mass is 9.44. The minimum atomic E-state index is 0.527. The third-order valence-electron chi connectivity index (χ3n) is 19.8. The standard InChI is InChI=1S/C48H74O/c1-33(39-21-23-41-37-19-17-35-15-7-9-27-45(35,3)43(37)25-29-47(39,41)5)13-11-31-49-32-12-14-34(2)40-22-24-42-38-20-18-36-16-8-10-28-46(36,4)44(38)26-30-48(40,42)6/h33-44H,7-10,13-30H2,1-6H3/t33-,34-,35?,36?,37+,38+,39-,40-,41+,42+,43+,44+,45+,46+,47-,48-/m1/s1. The average Bonchev–Trinajstić information content (AvgIpc) is 3.64. The van der Waals surface area contributed by atoms with Crippen LogP contribution in [0.4, 0.5) is 0 Å². The fraction of sp³-hybridized carbons (Fsp3) is 0.917. The van der Waals surface area contributed by atoms with Crippen LogP contribution in [0, 0.1) is 117 Å². The van der Waals surface area contributed by atoms with Crippen LogP contribution in [-0.2, 0) is 4.74 Å². The smallest absolute Gasteiger partial charge is 0.129 e. The van der Waals surface area contributed by atoms with Gasteiger partial charge in [-0.2, -0.15) is 0 Å². The zero-order valence-corrected chi connectivity index (χ0v) is 32.9. The van der Waals surface area contributed by atoms with Crippen LogP contribution in [-0.4, -0.2) is 0 Å². The van der Waals surface area contributed by atoms with E-state index in [1.165, 1.54) is 128 Å². The molecule has 2 unspecified atom stereocenters. The summed E-state index contributed by atoms with van der Waals surface area (Å²) >= 11 is 0. The second-order valence-electron chi connectivity index (χ2n) is 21.3. The molecule has 0 spiro atoms. The molecule has 8 fully saturated rings. The van der Waals surface area contributed by atoms with E-state index in [-0.39, 0.29) is 0 Å². The molecular formula is C48H74O. The summed E-state index contributed by atoms with van der Waals surface area (Å²) in [5.41, 5.74) is 2.35. The fourth-order valence-corrected chi connectivity index (χ4v) is 17.3. The van der Waals surface area contributed by atoms with Crippen molar-refractivity contribution in [2.75, 3.05) is 0 Å². The van der Waals surface area contributed by atoms with Gasteiger partial charge >= 0.3 is 0 Å². The molecule has 0 N–H and O–H groups in total. The van der Waals surface area contributed by atoms with E-state index < -0.39 is 0 Å². The van der Waals surface area contributed by atoms with Crippen molar-refractivity contribution in [3.63, 3.8) is 0 Å². The largest absolute Gasteiger partial charge is 0.357 e. The predicted octanol–water partition coefficient (Wildman–Crippen LogP) is 13.1. The van der Waals surface area contributed by atoms with E-state index in [0.29, 0.717) is 33.5 Å². The molecule has 8 saturated carbocycles. The van der Waals surface area contributed by atoms with Crippen LogP contribution in [0.2, 0.25) is 0 Å². The first-order chi connectivity index (χ1) is 23.6. The molecule has 0 amide bonds. The van der Waals surface area contributed by atoms with Gasteiger partial charge in [0.15, 0.2) is 0 Å². The maximum absolute atomic E-state index is 5.67. The van der Waals surface area contributed by atoms with Gasteiger partial charge in [-0.25, -0.2) is 0 Å². The van der Waals surface area contributed by atoms with Gasteiger partial charge in [0.2, 0.25) is 0 Å². The van der Waals surface area contributed by atoms with Crippen molar-refractivity contribution in [3.05, 3.63) is 0 Å².